The number of hydrazone groups is 1. The SMILES string of the molecule is CCOC(=O)C1=C(C)NC(=O)N[C@@H]1c1ccc(OCC(=O)N/N=C\c2ccc(OC)cc2OC)c(OC)c1. The van der Waals surface area contributed by atoms with Crippen molar-refractivity contribution in [3.63, 3.8) is 0 Å². The maximum Gasteiger partial charge on any atom is 0.338 e. The molecule has 0 bridgehead atoms. The van der Waals surface area contributed by atoms with Crippen molar-refractivity contribution in [1.29, 1.82) is 0 Å². The van der Waals surface area contributed by atoms with E-state index in [9.17, 15) is 14.4 Å². The minimum atomic E-state index is -0.765. The monoisotopic (exact) mass is 526 g/mol. The van der Waals surface area contributed by atoms with Crippen molar-refractivity contribution in [1.82, 2.24) is 16.1 Å². The molecular weight excluding hydrogens is 496 g/mol. The third-order valence-electron chi connectivity index (χ3n) is 5.48. The quantitative estimate of drug-likeness (QED) is 0.230. The predicted molar refractivity (Wildman–Crippen MR) is 138 cm³/mol. The number of nitrogens with one attached hydrogen (secondary N) is 3. The minimum Gasteiger partial charge on any atom is -0.497 e. The van der Waals surface area contributed by atoms with Crippen LogP contribution >= 0.6 is 0 Å². The van der Waals surface area contributed by atoms with Gasteiger partial charge in [0.25, 0.3) is 5.91 Å². The molecule has 3 rings (SSSR count). The van der Waals surface area contributed by atoms with Gasteiger partial charge in [-0.3, -0.25) is 4.79 Å². The van der Waals surface area contributed by atoms with Gasteiger partial charge in [0.15, 0.2) is 18.1 Å². The van der Waals surface area contributed by atoms with Gasteiger partial charge in [-0.1, -0.05) is 6.07 Å². The third kappa shape index (κ3) is 6.72. The number of hydrogen-bond donors (Lipinski definition) is 3. The van der Waals surface area contributed by atoms with Gasteiger partial charge in [-0.25, -0.2) is 15.0 Å². The Morgan fingerprint density at radius 2 is 1.79 bits per heavy atom. The summed E-state index contributed by atoms with van der Waals surface area (Å²) in [5.41, 5.74) is 4.25. The van der Waals surface area contributed by atoms with Gasteiger partial charge in [-0.2, -0.15) is 5.10 Å². The average Bonchev–Trinajstić information content (AvgIpc) is 2.91. The summed E-state index contributed by atoms with van der Waals surface area (Å²) in [5.74, 6) is 0.688. The molecule has 0 aliphatic carbocycles. The van der Waals surface area contributed by atoms with E-state index in [1.165, 1.54) is 20.4 Å². The van der Waals surface area contributed by atoms with Gasteiger partial charge in [0, 0.05) is 17.3 Å². The number of esters is 1. The molecule has 0 saturated carbocycles. The maximum atomic E-state index is 12.5. The van der Waals surface area contributed by atoms with Crippen molar-refractivity contribution in [3.05, 3.63) is 58.8 Å². The lowest BCUT2D eigenvalue weighted by Crippen LogP contribution is -2.45. The molecule has 3 amide bonds. The first-order valence-electron chi connectivity index (χ1n) is 11.6. The number of carbonyl (C=O) groups is 3. The van der Waals surface area contributed by atoms with Crippen LogP contribution in [0.25, 0.3) is 0 Å². The largest absolute Gasteiger partial charge is 0.497 e. The summed E-state index contributed by atoms with van der Waals surface area (Å²) in [6.07, 6.45) is 1.44. The summed E-state index contributed by atoms with van der Waals surface area (Å²) in [6.45, 7) is 3.17. The lowest BCUT2D eigenvalue weighted by molar-refractivity contribution is -0.139. The average molecular weight is 527 g/mol. The van der Waals surface area contributed by atoms with Crippen LogP contribution in [0.4, 0.5) is 4.79 Å². The van der Waals surface area contributed by atoms with Crippen LogP contribution in [-0.4, -0.2) is 58.7 Å². The number of ether oxygens (including phenoxy) is 5. The van der Waals surface area contributed by atoms with E-state index in [0.717, 1.165) is 0 Å². The zero-order valence-electron chi connectivity index (χ0n) is 21.7. The molecule has 202 valence electrons. The molecule has 1 heterocycles. The highest BCUT2D eigenvalue weighted by Gasteiger charge is 2.32. The Labute approximate surface area is 219 Å². The van der Waals surface area contributed by atoms with Crippen LogP contribution in [0.2, 0.25) is 0 Å². The number of allylic oxidation sites excluding steroid dienone is 1. The van der Waals surface area contributed by atoms with E-state index < -0.39 is 23.9 Å². The molecule has 12 heteroatoms. The van der Waals surface area contributed by atoms with Crippen molar-refractivity contribution in [2.75, 3.05) is 34.5 Å². The fourth-order valence-electron chi connectivity index (χ4n) is 3.68. The number of benzene rings is 2. The Morgan fingerprint density at radius 3 is 2.47 bits per heavy atom. The van der Waals surface area contributed by atoms with Gasteiger partial charge in [0.1, 0.15) is 11.5 Å². The van der Waals surface area contributed by atoms with Crippen LogP contribution in [0.1, 0.15) is 31.0 Å². The molecule has 38 heavy (non-hydrogen) atoms. The van der Waals surface area contributed by atoms with E-state index in [2.05, 4.69) is 21.2 Å². The van der Waals surface area contributed by atoms with E-state index in [1.807, 2.05) is 0 Å². The maximum absolute atomic E-state index is 12.5. The number of urea groups is 1. The first-order chi connectivity index (χ1) is 18.3. The van der Waals surface area contributed by atoms with E-state index >= 15 is 0 Å². The minimum absolute atomic E-state index is 0.187. The lowest BCUT2D eigenvalue weighted by atomic mass is 9.95. The van der Waals surface area contributed by atoms with Gasteiger partial charge >= 0.3 is 12.0 Å². The van der Waals surface area contributed by atoms with Gasteiger partial charge in [0.05, 0.1) is 45.8 Å². The summed E-state index contributed by atoms with van der Waals surface area (Å²) in [4.78, 5) is 36.9. The Balaban J connectivity index is 1.68. The Kier molecular flexibility index (Phi) is 9.52. The fourth-order valence-corrected chi connectivity index (χ4v) is 3.68. The van der Waals surface area contributed by atoms with E-state index in [4.69, 9.17) is 23.7 Å². The molecule has 12 nitrogen and oxygen atoms in total. The van der Waals surface area contributed by atoms with Crippen LogP contribution in [0.15, 0.2) is 52.8 Å². The normalized spacial score (nSPS) is 14.9. The Morgan fingerprint density at radius 1 is 1.03 bits per heavy atom. The Bertz CT molecular complexity index is 1260. The van der Waals surface area contributed by atoms with Gasteiger partial charge in [-0.05, 0) is 43.7 Å². The van der Waals surface area contributed by atoms with Crippen LogP contribution < -0.4 is 35.0 Å². The van der Waals surface area contributed by atoms with Gasteiger partial charge in [-0.15, -0.1) is 0 Å². The standard InChI is InChI=1S/C26H30N4O8/c1-6-37-25(32)23-15(2)28-26(33)29-24(23)16-8-10-19(21(11-16)36-5)38-14-22(31)30-27-13-17-7-9-18(34-3)12-20(17)35-4/h7-13,24H,6,14H2,1-5H3,(H,30,31)(H2,28,29,33)/b27-13-/t24-/m1/s1. The summed E-state index contributed by atoms with van der Waals surface area (Å²) in [7, 11) is 4.51. The Hall–Kier alpha value is -4.74. The second-order valence-electron chi connectivity index (χ2n) is 7.89. The van der Waals surface area contributed by atoms with Crippen molar-refractivity contribution >= 4 is 24.1 Å². The molecule has 2 aromatic carbocycles. The summed E-state index contributed by atoms with van der Waals surface area (Å²) < 4.78 is 26.6. The molecular formula is C26H30N4O8. The van der Waals surface area contributed by atoms with Crippen LogP contribution in [0.5, 0.6) is 23.0 Å². The topological polar surface area (TPSA) is 146 Å². The van der Waals surface area contributed by atoms with Crippen molar-refractivity contribution in [2.24, 2.45) is 5.10 Å². The van der Waals surface area contributed by atoms with E-state index in [0.29, 0.717) is 34.1 Å². The molecule has 0 aromatic heterocycles. The smallest absolute Gasteiger partial charge is 0.338 e. The highest BCUT2D eigenvalue weighted by molar-refractivity contribution is 5.95. The molecule has 2 aromatic rings. The molecule has 0 unspecified atom stereocenters. The molecule has 0 radical (unpaired) electrons. The zero-order chi connectivity index (χ0) is 27.7. The first-order valence-corrected chi connectivity index (χ1v) is 11.6. The van der Waals surface area contributed by atoms with E-state index in [1.54, 1.807) is 57.4 Å². The number of amides is 3. The number of nitrogens with zero attached hydrogens (tertiary/aromatic N) is 1. The summed E-state index contributed by atoms with van der Waals surface area (Å²) in [5, 5.41) is 9.25. The van der Waals surface area contributed by atoms with Crippen LogP contribution in [0, 0.1) is 0 Å². The molecule has 0 saturated heterocycles. The number of hydrogen-bond acceptors (Lipinski definition) is 9. The van der Waals surface area contributed by atoms with Crippen molar-refractivity contribution in [3.8, 4) is 23.0 Å². The second kappa shape index (κ2) is 13.0. The first kappa shape index (κ1) is 27.8. The fraction of sp³-hybridized carbons (Fsp3) is 0.308. The van der Waals surface area contributed by atoms with Crippen molar-refractivity contribution < 1.29 is 38.1 Å². The van der Waals surface area contributed by atoms with Crippen LogP contribution in [-0.2, 0) is 14.3 Å². The molecule has 1 aliphatic rings. The van der Waals surface area contributed by atoms with E-state index in [-0.39, 0.29) is 24.5 Å². The summed E-state index contributed by atoms with van der Waals surface area (Å²) in [6, 6.07) is 8.82. The lowest BCUT2D eigenvalue weighted by Gasteiger charge is -2.28. The molecule has 0 fully saturated rings. The second-order valence-corrected chi connectivity index (χ2v) is 7.89. The molecule has 0 spiro atoms. The van der Waals surface area contributed by atoms with Gasteiger partial charge in [0.2, 0.25) is 0 Å². The predicted octanol–water partition coefficient (Wildman–Crippen LogP) is 2.43. The highest BCUT2D eigenvalue weighted by Crippen LogP contribution is 2.34. The van der Waals surface area contributed by atoms with Gasteiger partial charge < -0.3 is 34.3 Å². The number of methoxy groups -OCH3 is 3. The zero-order valence-corrected chi connectivity index (χ0v) is 21.7. The van der Waals surface area contributed by atoms with Crippen LogP contribution in [0.3, 0.4) is 0 Å². The number of carbonyl (C=O) groups excluding carboxylic acids is 3. The highest BCUT2D eigenvalue weighted by atomic mass is 16.5. The van der Waals surface area contributed by atoms with Crippen molar-refractivity contribution in [2.45, 2.75) is 19.9 Å². The molecule has 1 aliphatic heterocycles. The molecule has 1 atom stereocenters. The molecule has 3 N–H and O–H groups in total. The summed E-state index contributed by atoms with van der Waals surface area (Å²) >= 11 is 0. The third-order valence-corrected chi connectivity index (χ3v) is 5.48. The number of rotatable bonds is 11.